The molecule has 0 aromatic heterocycles. The second kappa shape index (κ2) is 3.31. The minimum absolute atomic E-state index is 0.0518. The maximum Gasteiger partial charge on any atom is 0.221 e. The zero-order valence-corrected chi connectivity index (χ0v) is 7.98. The van der Waals surface area contributed by atoms with E-state index in [1.54, 1.807) is 0 Å². The molecule has 1 aliphatic carbocycles. The minimum atomic E-state index is -0.290. The van der Waals surface area contributed by atoms with Crippen LogP contribution < -0.4 is 5.32 Å². The molecule has 0 heterocycles. The average molecular weight is 186 g/mol. The number of nitrogens with one attached hydrogen (secondary N) is 1. The summed E-state index contributed by atoms with van der Waals surface area (Å²) in [7, 11) is 0. The average Bonchev–Trinajstić information content (AvgIpc) is 1.93. The summed E-state index contributed by atoms with van der Waals surface area (Å²) in [5.74, 6) is -0.0518. The van der Waals surface area contributed by atoms with Gasteiger partial charge in [-0.1, -0.05) is 12.2 Å². The first kappa shape index (κ1) is 9.33. The van der Waals surface area contributed by atoms with Crippen molar-refractivity contribution in [2.75, 3.05) is 0 Å². The highest BCUT2D eigenvalue weighted by molar-refractivity contribution is 6.25. The molecule has 66 valence electrons. The van der Waals surface area contributed by atoms with Crippen LogP contribution in [0.2, 0.25) is 0 Å². The summed E-state index contributed by atoms with van der Waals surface area (Å²) in [6.07, 6.45) is 6.40. The fourth-order valence-corrected chi connectivity index (χ4v) is 1.15. The van der Waals surface area contributed by atoms with Gasteiger partial charge in [0.15, 0.2) is 0 Å². The number of carbonyl (C=O) groups excluding carboxylic acids is 1. The van der Waals surface area contributed by atoms with Gasteiger partial charge in [0.25, 0.3) is 0 Å². The van der Waals surface area contributed by atoms with Gasteiger partial charge in [0.1, 0.15) is 0 Å². The van der Waals surface area contributed by atoms with Crippen LogP contribution in [-0.4, -0.2) is 10.8 Å². The Hall–Kier alpha value is -0.760. The van der Waals surface area contributed by atoms with Crippen molar-refractivity contribution in [3.63, 3.8) is 0 Å². The molecule has 1 unspecified atom stereocenters. The van der Waals surface area contributed by atoms with Crippen molar-refractivity contribution in [1.29, 1.82) is 0 Å². The Morgan fingerprint density at radius 2 is 2.42 bits per heavy atom. The largest absolute Gasteiger partial charge is 0.327 e. The van der Waals surface area contributed by atoms with E-state index in [1.165, 1.54) is 6.92 Å². The smallest absolute Gasteiger partial charge is 0.221 e. The van der Waals surface area contributed by atoms with Gasteiger partial charge >= 0.3 is 0 Å². The molecule has 1 amide bonds. The van der Waals surface area contributed by atoms with Crippen molar-refractivity contribution < 1.29 is 4.79 Å². The lowest BCUT2D eigenvalue weighted by atomic mass is 10.0. The number of hydrogen-bond acceptors (Lipinski definition) is 1. The molecule has 1 N–H and O–H groups in total. The van der Waals surface area contributed by atoms with Crippen LogP contribution in [0.15, 0.2) is 23.9 Å². The molecular weight excluding hydrogens is 174 g/mol. The highest BCUT2D eigenvalue weighted by Gasteiger charge is 2.18. The van der Waals surface area contributed by atoms with Gasteiger partial charge in [-0.25, -0.2) is 0 Å². The summed E-state index contributed by atoms with van der Waals surface area (Å²) >= 11 is 6.03. The molecule has 2 nitrogen and oxygen atoms in total. The Balaban J connectivity index is 2.58. The zero-order chi connectivity index (χ0) is 9.19. The Labute approximate surface area is 77.3 Å². The topological polar surface area (TPSA) is 29.1 Å². The van der Waals surface area contributed by atoms with Crippen molar-refractivity contribution in [3.8, 4) is 0 Å². The van der Waals surface area contributed by atoms with E-state index in [2.05, 4.69) is 5.32 Å². The van der Waals surface area contributed by atoms with Crippen LogP contribution >= 0.6 is 11.6 Å². The Morgan fingerprint density at radius 3 is 2.83 bits per heavy atom. The summed E-state index contributed by atoms with van der Waals surface area (Å²) in [6.45, 7) is 3.43. The molecule has 1 atom stereocenters. The molecule has 1 rings (SSSR count). The van der Waals surface area contributed by atoms with Crippen LogP contribution in [-0.2, 0) is 4.79 Å². The lowest BCUT2D eigenvalue weighted by molar-refractivity contribution is -0.118. The Bertz CT molecular complexity index is 253. The molecule has 0 aromatic carbocycles. The number of alkyl halides is 1. The molecular formula is C9H12ClNO. The minimum Gasteiger partial charge on any atom is -0.327 e. The number of allylic oxidation sites excluding steroid dienone is 3. The molecule has 1 aliphatic rings. The van der Waals surface area contributed by atoms with E-state index in [0.717, 1.165) is 12.1 Å². The number of carbonyl (C=O) groups is 1. The van der Waals surface area contributed by atoms with Gasteiger partial charge in [0.05, 0.1) is 4.87 Å². The molecule has 0 aromatic rings. The van der Waals surface area contributed by atoms with E-state index in [-0.39, 0.29) is 10.8 Å². The van der Waals surface area contributed by atoms with Gasteiger partial charge < -0.3 is 5.32 Å². The summed E-state index contributed by atoms with van der Waals surface area (Å²) < 4.78 is 0. The van der Waals surface area contributed by atoms with Gasteiger partial charge in [-0.15, -0.1) is 11.6 Å². The first-order chi connectivity index (χ1) is 5.49. The fraction of sp³-hybridized carbons (Fsp3) is 0.444. The highest BCUT2D eigenvalue weighted by Crippen LogP contribution is 2.25. The summed E-state index contributed by atoms with van der Waals surface area (Å²) in [6, 6.07) is 0. The molecule has 3 heteroatoms. The van der Waals surface area contributed by atoms with E-state index in [0.29, 0.717) is 0 Å². The lowest BCUT2D eigenvalue weighted by Gasteiger charge is -2.20. The van der Waals surface area contributed by atoms with Gasteiger partial charge in [-0.05, 0) is 19.4 Å². The van der Waals surface area contributed by atoms with Gasteiger partial charge in [0, 0.05) is 12.6 Å². The van der Waals surface area contributed by atoms with Gasteiger partial charge in [0.2, 0.25) is 5.91 Å². The van der Waals surface area contributed by atoms with Crippen molar-refractivity contribution in [2.45, 2.75) is 25.1 Å². The van der Waals surface area contributed by atoms with Crippen molar-refractivity contribution in [3.05, 3.63) is 23.9 Å². The van der Waals surface area contributed by atoms with Crippen molar-refractivity contribution in [2.24, 2.45) is 0 Å². The molecule has 0 aliphatic heterocycles. The SMILES string of the molecule is CC(=O)NC1=CCC(C)(Cl)C=C1. The highest BCUT2D eigenvalue weighted by atomic mass is 35.5. The predicted molar refractivity (Wildman–Crippen MR) is 49.9 cm³/mol. The second-order valence-electron chi connectivity index (χ2n) is 3.16. The number of hydrogen-bond donors (Lipinski definition) is 1. The third kappa shape index (κ3) is 2.70. The van der Waals surface area contributed by atoms with Crippen LogP contribution in [0, 0.1) is 0 Å². The van der Waals surface area contributed by atoms with E-state index in [9.17, 15) is 4.79 Å². The normalized spacial score (nSPS) is 28.1. The summed E-state index contributed by atoms with van der Waals surface area (Å²) in [5, 5.41) is 2.70. The summed E-state index contributed by atoms with van der Waals surface area (Å²) in [4.78, 5) is 10.4. The van der Waals surface area contributed by atoms with Crippen LogP contribution in [0.3, 0.4) is 0 Å². The van der Waals surface area contributed by atoms with Crippen LogP contribution in [0.5, 0.6) is 0 Å². The van der Waals surface area contributed by atoms with E-state index in [4.69, 9.17) is 11.6 Å². The summed E-state index contributed by atoms with van der Waals surface area (Å²) in [5.41, 5.74) is 0.834. The Kier molecular flexibility index (Phi) is 2.58. The van der Waals surface area contributed by atoms with Crippen molar-refractivity contribution in [1.82, 2.24) is 5.32 Å². The fourth-order valence-electron chi connectivity index (χ4n) is 1.01. The monoisotopic (exact) mass is 185 g/mol. The van der Waals surface area contributed by atoms with Gasteiger partial charge in [-0.3, -0.25) is 4.79 Å². The van der Waals surface area contributed by atoms with E-state index in [1.807, 2.05) is 25.2 Å². The molecule has 0 bridgehead atoms. The first-order valence-corrected chi connectivity index (χ1v) is 4.23. The molecule has 0 saturated heterocycles. The van der Waals surface area contributed by atoms with E-state index >= 15 is 0 Å². The zero-order valence-electron chi connectivity index (χ0n) is 7.23. The van der Waals surface area contributed by atoms with Crippen LogP contribution in [0.25, 0.3) is 0 Å². The quantitative estimate of drug-likeness (QED) is 0.622. The number of halogens is 1. The number of amides is 1. The maximum absolute atomic E-state index is 10.7. The van der Waals surface area contributed by atoms with E-state index < -0.39 is 0 Å². The molecule has 0 saturated carbocycles. The lowest BCUT2D eigenvalue weighted by Crippen LogP contribution is -2.22. The number of rotatable bonds is 1. The molecule has 0 spiro atoms. The Morgan fingerprint density at radius 1 is 1.75 bits per heavy atom. The first-order valence-electron chi connectivity index (χ1n) is 3.85. The maximum atomic E-state index is 10.7. The predicted octanol–water partition coefficient (Wildman–Crippen LogP) is 1.96. The molecule has 12 heavy (non-hydrogen) atoms. The van der Waals surface area contributed by atoms with Crippen LogP contribution in [0.1, 0.15) is 20.3 Å². The standard InChI is InChI=1S/C9H12ClNO/c1-7(12)11-8-3-5-9(2,10)6-4-8/h3-5H,6H2,1-2H3,(H,11,12). The molecule has 0 fully saturated rings. The third-order valence-corrected chi connectivity index (χ3v) is 1.93. The van der Waals surface area contributed by atoms with Crippen LogP contribution in [0.4, 0.5) is 0 Å². The molecule has 0 radical (unpaired) electrons. The second-order valence-corrected chi connectivity index (χ2v) is 4.02. The van der Waals surface area contributed by atoms with Crippen molar-refractivity contribution >= 4 is 17.5 Å². The van der Waals surface area contributed by atoms with Gasteiger partial charge in [-0.2, -0.15) is 0 Å². The third-order valence-electron chi connectivity index (χ3n) is 1.65.